The van der Waals surface area contributed by atoms with Crippen molar-refractivity contribution in [1.29, 1.82) is 0 Å². The standard InChI is InChI=1S/C15H14N4O2/c1-21-9-12(20)7-14-13-8-18-19(15(13)17-10-16-14)11-5-3-2-4-6-11/h2-6,8,10H,7,9H2,1H3. The molecule has 0 atom stereocenters. The fourth-order valence-corrected chi connectivity index (χ4v) is 2.19. The molecule has 0 aliphatic carbocycles. The van der Waals surface area contributed by atoms with Crippen LogP contribution in [0.4, 0.5) is 0 Å². The minimum Gasteiger partial charge on any atom is -0.377 e. The van der Waals surface area contributed by atoms with E-state index in [1.165, 1.54) is 13.4 Å². The number of methoxy groups -OCH3 is 1. The van der Waals surface area contributed by atoms with Crippen molar-refractivity contribution in [3.05, 3.63) is 48.5 Å². The lowest BCUT2D eigenvalue weighted by Crippen LogP contribution is -2.11. The number of carbonyl (C=O) groups is 1. The number of carbonyl (C=O) groups excluding carboxylic acids is 1. The van der Waals surface area contributed by atoms with Crippen LogP contribution in [0.2, 0.25) is 0 Å². The van der Waals surface area contributed by atoms with Gasteiger partial charge in [-0.15, -0.1) is 0 Å². The van der Waals surface area contributed by atoms with Gasteiger partial charge in [0.25, 0.3) is 0 Å². The van der Waals surface area contributed by atoms with Gasteiger partial charge in [-0.3, -0.25) is 4.79 Å². The Hall–Kier alpha value is -2.60. The predicted molar refractivity (Wildman–Crippen MR) is 77.2 cm³/mol. The first-order valence-corrected chi connectivity index (χ1v) is 6.53. The summed E-state index contributed by atoms with van der Waals surface area (Å²) >= 11 is 0. The molecule has 0 saturated heterocycles. The summed E-state index contributed by atoms with van der Waals surface area (Å²) < 4.78 is 6.59. The summed E-state index contributed by atoms with van der Waals surface area (Å²) in [6, 6.07) is 9.72. The maximum atomic E-state index is 11.7. The summed E-state index contributed by atoms with van der Waals surface area (Å²) in [5, 5.41) is 5.13. The third-order valence-electron chi connectivity index (χ3n) is 3.12. The first-order valence-electron chi connectivity index (χ1n) is 6.53. The van der Waals surface area contributed by atoms with Crippen LogP contribution in [0.5, 0.6) is 0 Å². The number of ether oxygens (including phenoxy) is 1. The first-order chi connectivity index (χ1) is 10.3. The highest BCUT2D eigenvalue weighted by atomic mass is 16.5. The smallest absolute Gasteiger partial charge is 0.166 e. The molecule has 0 aliphatic heterocycles. The van der Waals surface area contributed by atoms with E-state index in [0.29, 0.717) is 11.3 Å². The molecule has 106 valence electrons. The van der Waals surface area contributed by atoms with Crippen molar-refractivity contribution in [2.45, 2.75) is 6.42 Å². The SMILES string of the molecule is COCC(=O)Cc1ncnc2c1cnn2-c1ccccc1. The van der Waals surface area contributed by atoms with Gasteiger partial charge in [-0.1, -0.05) is 18.2 Å². The van der Waals surface area contributed by atoms with Gasteiger partial charge < -0.3 is 4.74 Å². The Labute approximate surface area is 121 Å². The van der Waals surface area contributed by atoms with E-state index in [1.807, 2.05) is 30.3 Å². The third-order valence-corrected chi connectivity index (χ3v) is 3.12. The second kappa shape index (κ2) is 5.80. The van der Waals surface area contributed by atoms with Gasteiger partial charge in [0.2, 0.25) is 0 Å². The number of rotatable bonds is 5. The van der Waals surface area contributed by atoms with Crippen LogP contribution in [-0.2, 0) is 16.0 Å². The molecule has 6 nitrogen and oxygen atoms in total. The van der Waals surface area contributed by atoms with Gasteiger partial charge in [-0.05, 0) is 12.1 Å². The minimum atomic E-state index is -0.0232. The van der Waals surface area contributed by atoms with Gasteiger partial charge in [0.15, 0.2) is 11.4 Å². The summed E-state index contributed by atoms with van der Waals surface area (Å²) in [4.78, 5) is 20.2. The van der Waals surface area contributed by atoms with Crippen molar-refractivity contribution in [3.8, 4) is 5.69 Å². The van der Waals surface area contributed by atoms with Gasteiger partial charge >= 0.3 is 0 Å². The van der Waals surface area contributed by atoms with Crippen molar-refractivity contribution in [1.82, 2.24) is 19.7 Å². The van der Waals surface area contributed by atoms with Crippen molar-refractivity contribution >= 4 is 16.8 Å². The van der Waals surface area contributed by atoms with E-state index in [9.17, 15) is 4.79 Å². The van der Waals surface area contributed by atoms with Crippen LogP contribution in [0.15, 0.2) is 42.9 Å². The second-order valence-electron chi connectivity index (χ2n) is 4.60. The molecular formula is C15H14N4O2. The third kappa shape index (κ3) is 2.66. The topological polar surface area (TPSA) is 69.9 Å². The lowest BCUT2D eigenvalue weighted by Gasteiger charge is -2.03. The Kier molecular flexibility index (Phi) is 3.70. The highest BCUT2D eigenvalue weighted by Gasteiger charge is 2.13. The average Bonchev–Trinajstić information content (AvgIpc) is 2.93. The number of nitrogens with zero attached hydrogens (tertiary/aromatic N) is 4. The van der Waals surface area contributed by atoms with Gasteiger partial charge in [-0.2, -0.15) is 5.10 Å². The summed E-state index contributed by atoms with van der Waals surface area (Å²) in [6.07, 6.45) is 3.37. The molecule has 1 aromatic carbocycles. The largest absolute Gasteiger partial charge is 0.377 e. The molecule has 3 rings (SSSR count). The Morgan fingerprint density at radius 3 is 2.81 bits per heavy atom. The number of para-hydroxylation sites is 1. The zero-order valence-corrected chi connectivity index (χ0v) is 11.6. The van der Waals surface area contributed by atoms with E-state index in [1.54, 1.807) is 10.9 Å². The predicted octanol–water partition coefficient (Wildman–Crippen LogP) is 1.57. The molecule has 6 heteroatoms. The highest BCUT2D eigenvalue weighted by molar-refractivity contribution is 5.87. The van der Waals surface area contributed by atoms with Gasteiger partial charge in [-0.25, -0.2) is 14.6 Å². The average molecular weight is 282 g/mol. The Morgan fingerprint density at radius 1 is 1.24 bits per heavy atom. The van der Waals surface area contributed by atoms with Crippen LogP contribution in [-0.4, -0.2) is 39.2 Å². The maximum Gasteiger partial charge on any atom is 0.166 e. The lowest BCUT2D eigenvalue weighted by atomic mass is 10.2. The molecule has 0 bridgehead atoms. The number of ketones is 1. The summed E-state index contributed by atoms with van der Waals surface area (Å²) in [6.45, 7) is 0.0817. The molecule has 0 spiro atoms. The van der Waals surface area contributed by atoms with Gasteiger partial charge in [0, 0.05) is 7.11 Å². The lowest BCUT2D eigenvalue weighted by molar-refractivity contribution is -0.122. The van der Waals surface area contributed by atoms with Crippen LogP contribution in [0.1, 0.15) is 5.69 Å². The molecule has 21 heavy (non-hydrogen) atoms. The summed E-state index contributed by atoms with van der Waals surface area (Å²) in [5.41, 5.74) is 2.28. The minimum absolute atomic E-state index is 0.0232. The van der Waals surface area contributed by atoms with Crippen LogP contribution in [0, 0.1) is 0 Å². The van der Waals surface area contributed by atoms with E-state index < -0.39 is 0 Å². The molecule has 0 saturated carbocycles. The summed E-state index contributed by atoms with van der Waals surface area (Å²) in [7, 11) is 1.50. The van der Waals surface area contributed by atoms with Gasteiger partial charge in [0.1, 0.15) is 12.9 Å². The molecule has 0 aliphatic rings. The first kappa shape index (κ1) is 13.4. The Bertz CT molecular complexity index is 768. The van der Waals surface area contributed by atoms with E-state index in [4.69, 9.17) is 4.74 Å². The number of Topliss-reactive ketones (excluding diaryl/α,β-unsaturated/α-hetero) is 1. The molecule has 0 radical (unpaired) electrons. The fraction of sp³-hybridized carbons (Fsp3) is 0.200. The Balaban J connectivity index is 2.02. The molecule has 0 N–H and O–H groups in total. The van der Waals surface area contributed by atoms with E-state index in [0.717, 1.165) is 11.1 Å². The number of hydrogen-bond donors (Lipinski definition) is 0. The van der Waals surface area contributed by atoms with E-state index in [2.05, 4.69) is 15.1 Å². The van der Waals surface area contributed by atoms with Crippen molar-refractivity contribution in [2.75, 3.05) is 13.7 Å². The molecular weight excluding hydrogens is 268 g/mol. The molecule has 0 amide bonds. The van der Waals surface area contributed by atoms with E-state index >= 15 is 0 Å². The number of hydrogen-bond acceptors (Lipinski definition) is 5. The number of benzene rings is 1. The zero-order chi connectivity index (χ0) is 14.7. The zero-order valence-electron chi connectivity index (χ0n) is 11.6. The highest BCUT2D eigenvalue weighted by Crippen LogP contribution is 2.18. The van der Waals surface area contributed by atoms with Crippen molar-refractivity contribution in [2.24, 2.45) is 0 Å². The van der Waals surface area contributed by atoms with Crippen LogP contribution in [0.25, 0.3) is 16.7 Å². The normalized spacial score (nSPS) is 10.9. The Morgan fingerprint density at radius 2 is 2.05 bits per heavy atom. The second-order valence-corrected chi connectivity index (χ2v) is 4.60. The molecule has 2 heterocycles. The fourth-order valence-electron chi connectivity index (χ4n) is 2.19. The number of aromatic nitrogens is 4. The monoisotopic (exact) mass is 282 g/mol. The molecule has 3 aromatic rings. The molecule has 0 fully saturated rings. The maximum absolute atomic E-state index is 11.7. The quantitative estimate of drug-likeness (QED) is 0.710. The van der Waals surface area contributed by atoms with Gasteiger partial charge in [0.05, 0.1) is 29.4 Å². The molecule has 0 unspecified atom stereocenters. The van der Waals surface area contributed by atoms with Crippen molar-refractivity contribution in [3.63, 3.8) is 0 Å². The van der Waals surface area contributed by atoms with Crippen LogP contribution < -0.4 is 0 Å². The van der Waals surface area contributed by atoms with Crippen LogP contribution in [0.3, 0.4) is 0 Å². The molecule has 2 aromatic heterocycles. The number of fused-ring (bicyclic) bond motifs is 1. The van der Waals surface area contributed by atoms with E-state index in [-0.39, 0.29) is 18.8 Å². The van der Waals surface area contributed by atoms with Crippen LogP contribution >= 0.6 is 0 Å². The summed E-state index contributed by atoms with van der Waals surface area (Å²) in [5.74, 6) is -0.0232. The van der Waals surface area contributed by atoms with Crippen molar-refractivity contribution < 1.29 is 9.53 Å².